The van der Waals surface area contributed by atoms with E-state index in [1.807, 2.05) is 43.3 Å². The molecule has 0 fully saturated rings. The van der Waals surface area contributed by atoms with Crippen molar-refractivity contribution in [3.8, 4) is 0 Å². The molecule has 8 heteroatoms. The first-order chi connectivity index (χ1) is 17.8. The van der Waals surface area contributed by atoms with Crippen LogP contribution in [0.5, 0.6) is 0 Å². The Hall–Kier alpha value is -4.27. The molecule has 0 aliphatic carbocycles. The van der Waals surface area contributed by atoms with Crippen molar-refractivity contribution in [1.29, 1.82) is 0 Å². The Kier molecular flexibility index (Phi) is 6.60. The minimum atomic E-state index is -4.02. The summed E-state index contributed by atoms with van der Waals surface area (Å²) in [5.74, 6) is 1.79. The highest BCUT2D eigenvalue weighted by atomic mass is 32.2. The summed E-state index contributed by atoms with van der Waals surface area (Å²) < 4.78 is 29.6. The van der Waals surface area contributed by atoms with Crippen LogP contribution in [0.1, 0.15) is 12.5 Å². The van der Waals surface area contributed by atoms with Gasteiger partial charge >= 0.3 is 0 Å². The summed E-state index contributed by atoms with van der Waals surface area (Å²) in [7, 11) is -4.02. The lowest BCUT2D eigenvalue weighted by Gasteiger charge is -2.29. The Morgan fingerprint density at radius 1 is 0.649 bits per heavy atom. The standard InChI is InChI=1S/C22H18N4.C7H8O3S/c1-16-25(17-10-4-2-5-11-17)21-22(26(16)18-12-6-3-7-13-18)24-20-15-9-8-14-19(20)23-21;1-6-2-4-7(5-3-6)11(8,9)10/h2-16H,1H3;2-5H,1H3,(H,8,9,10). The van der Waals surface area contributed by atoms with Gasteiger partial charge in [0.15, 0.2) is 11.6 Å². The van der Waals surface area contributed by atoms with Gasteiger partial charge < -0.3 is 9.80 Å². The lowest BCUT2D eigenvalue weighted by molar-refractivity contribution is 0.483. The third kappa shape index (κ3) is 5.02. The Labute approximate surface area is 216 Å². The number of aromatic nitrogens is 2. The highest BCUT2D eigenvalue weighted by Crippen LogP contribution is 2.45. The number of hydrogen-bond donors (Lipinski definition) is 1. The highest BCUT2D eigenvalue weighted by molar-refractivity contribution is 7.85. The van der Waals surface area contributed by atoms with E-state index < -0.39 is 10.1 Å². The van der Waals surface area contributed by atoms with Gasteiger partial charge in [0.2, 0.25) is 0 Å². The molecule has 7 nitrogen and oxygen atoms in total. The van der Waals surface area contributed by atoms with Crippen LogP contribution in [0.3, 0.4) is 0 Å². The second-order valence-corrected chi connectivity index (χ2v) is 10.1. The first-order valence-electron chi connectivity index (χ1n) is 11.8. The van der Waals surface area contributed by atoms with Gasteiger partial charge in [-0.25, -0.2) is 9.97 Å². The van der Waals surface area contributed by atoms with Crippen molar-refractivity contribution in [2.75, 3.05) is 9.80 Å². The Balaban J connectivity index is 0.000000215. The maximum Gasteiger partial charge on any atom is 0.294 e. The number of aryl methyl sites for hydroxylation is 1. The van der Waals surface area contributed by atoms with Gasteiger partial charge in [-0.1, -0.05) is 66.2 Å². The second-order valence-electron chi connectivity index (χ2n) is 8.69. The molecule has 0 amide bonds. The summed E-state index contributed by atoms with van der Waals surface area (Å²) in [5, 5.41) is 0. The van der Waals surface area contributed by atoms with Crippen molar-refractivity contribution in [2.45, 2.75) is 24.9 Å². The first kappa shape index (κ1) is 24.4. The number of nitrogens with zero attached hydrogens (tertiary/aromatic N) is 4. The molecule has 0 bridgehead atoms. The zero-order valence-electron chi connectivity index (χ0n) is 20.4. The van der Waals surface area contributed by atoms with Crippen molar-refractivity contribution in [1.82, 2.24) is 9.97 Å². The number of rotatable bonds is 3. The zero-order chi connectivity index (χ0) is 26.0. The summed E-state index contributed by atoms with van der Waals surface area (Å²) in [6, 6.07) is 34.8. The number of anilines is 4. The van der Waals surface area contributed by atoms with Crippen LogP contribution in [0.4, 0.5) is 23.0 Å². The maximum absolute atomic E-state index is 10.5. The van der Waals surface area contributed by atoms with E-state index in [0.717, 1.165) is 39.6 Å². The predicted octanol–water partition coefficient (Wildman–Crippen LogP) is 6.51. The van der Waals surface area contributed by atoms with Gasteiger partial charge in [-0.05, 0) is 62.4 Å². The van der Waals surface area contributed by atoms with Crippen LogP contribution in [0.25, 0.3) is 11.0 Å². The molecule has 1 N–H and O–H groups in total. The minimum Gasteiger partial charge on any atom is -0.302 e. The van der Waals surface area contributed by atoms with E-state index >= 15 is 0 Å². The average molecular weight is 511 g/mol. The summed E-state index contributed by atoms with van der Waals surface area (Å²) in [6.07, 6.45) is 0.0756. The molecule has 6 rings (SSSR count). The summed E-state index contributed by atoms with van der Waals surface area (Å²) >= 11 is 0. The Bertz CT molecular complexity index is 1540. The van der Waals surface area contributed by atoms with E-state index in [4.69, 9.17) is 14.5 Å². The van der Waals surface area contributed by atoms with E-state index in [0.29, 0.717) is 0 Å². The molecule has 37 heavy (non-hydrogen) atoms. The molecular weight excluding hydrogens is 484 g/mol. The zero-order valence-corrected chi connectivity index (χ0v) is 21.2. The van der Waals surface area contributed by atoms with Crippen LogP contribution >= 0.6 is 0 Å². The van der Waals surface area contributed by atoms with Crippen molar-refractivity contribution in [3.05, 3.63) is 115 Å². The summed E-state index contributed by atoms with van der Waals surface area (Å²) in [5.41, 5.74) is 5.01. The molecule has 0 radical (unpaired) electrons. The van der Waals surface area contributed by atoms with Crippen LogP contribution < -0.4 is 9.80 Å². The highest BCUT2D eigenvalue weighted by Gasteiger charge is 2.37. The van der Waals surface area contributed by atoms with Gasteiger partial charge in [-0.15, -0.1) is 0 Å². The monoisotopic (exact) mass is 510 g/mol. The SMILES string of the molecule is CC1N(c2ccccc2)c2nc3ccccc3nc2N1c1ccccc1.Cc1ccc(S(=O)(=O)O)cc1. The van der Waals surface area contributed by atoms with Gasteiger partial charge in [0.25, 0.3) is 10.1 Å². The molecule has 0 saturated heterocycles. The average Bonchev–Trinajstić information content (AvgIpc) is 3.19. The van der Waals surface area contributed by atoms with E-state index in [2.05, 4.69) is 65.3 Å². The number of hydrogen-bond acceptors (Lipinski definition) is 6. The molecule has 4 aromatic carbocycles. The largest absolute Gasteiger partial charge is 0.302 e. The first-order valence-corrected chi connectivity index (χ1v) is 13.3. The van der Waals surface area contributed by atoms with Gasteiger partial charge in [-0.3, -0.25) is 4.55 Å². The molecule has 5 aromatic rings. The Morgan fingerprint density at radius 2 is 1.05 bits per heavy atom. The summed E-state index contributed by atoms with van der Waals surface area (Å²) in [6.45, 7) is 4.03. The van der Waals surface area contributed by atoms with Gasteiger partial charge in [0, 0.05) is 11.4 Å². The van der Waals surface area contributed by atoms with Gasteiger partial charge in [0.1, 0.15) is 6.17 Å². The van der Waals surface area contributed by atoms with Crippen LogP contribution in [-0.2, 0) is 10.1 Å². The van der Waals surface area contributed by atoms with Crippen LogP contribution in [0.2, 0.25) is 0 Å². The van der Waals surface area contributed by atoms with Crippen LogP contribution in [0.15, 0.2) is 114 Å². The fourth-order valence-corrected chi connectivity index (χ4v) is 4.82. The molecule has 2 heterocycles. The molecule has 1 aliphatic heterocycles. The minimum absolute atomic E-state index is 0.0666. The third-order valence-corrected chi connectivity index (χ3v) is 6.99. The summed E-state index contributed by atoms with van der Waals surface area (Å²) in [4.78, 5) is 14.4. The molecule has 0 spiro atoms. The second kappa shape index (κ2) is 10.0. The van der Waals surface area contributed by atoms with E-state index in [1.165, 1.54) is 12.1 Å². The van der Waals surface area contributed by atoms with Crippen molar-refractivity contribution < 1.29 is 13.0 Å². The topological polar surface area (TPSA) is 86.6 Å². The van der Waals surface area contributed by atoms with Gasteiger partial charge in [-0.2, -0.15) is 8.42 Å². The lowest BCUT2D eigenvalue weighted by atomic mass is 10.2. The van der Waals surface area contributed by atoms with E-state index in [-0.39, 0.29) is 11.1 Å². The van der Waals surface area contributed by atoms with Crippen LogP contribution in [0, 0.1) is 6.92 Å². The van der Waals surface area contributed by atoms with Crippen molar-refractivity contribution >= 4 is 44.2 Å². The molecule has 1 aromatic heterocycles. The van der Waals surface area contributed by atoms with Crippen LogP contribution in [-0.4, -0.2) is 29.1 Å². The van der Waals surface area contributed by atoms with E-state index in [1.54, 1.807) is 12.1 Å². The Morgan fingerprint density at radius 3 is 1.46 bits per heavy atom. The molecular formula is C29H26N4O3S. The quantitative estimate of drug-likeness (QED) is 0.277. The molecule has 0 atom stereocenters. The van der Waals surface area contributed by atoms with Gasteiger partial charge in [0.05, 0.1) is 15.9 Å². The molecule has 1 aliphatic rings. The number of para-hydroxylation sites is 4. The van der Waals surface area contributed by atoms with Crippen molar-refractivity contribution in [2.24, 2.45) is 0 Å². The predicted molar refractivity (Wildman–Crippen MR) is 147 cm³/mol. The number of fused-ring (bicyclic) bond motifs is 2. The molecule has 0 unspecified atom stereocenters. The van der Waals surface area contributed by atoms with E-state index in [9.17, 15) is 8.42 Å². The number of benzene rings is 4. The van der Waals surface area contributed by atoms with Crippen molar-refractivity contribution in [3.63, 3.8) is 0 Å². The normalized spacial score (nSPS) is 13.3. The molecule has 0 saturated carbocycles. The fraction of sp³-hybridized carbons (Fsp3) is 0.103. The fourth-order valence-electron chi connectivity index (χ4n) is 4.34. The molecule has 186 valence electrons. The third-order valence-electron chi connectivity index (χ3n) is 6.13. The maximum atomic E-state index is 10.5. The lowest BCUT2D eigenvalue weighted by Crippen LogP contribution is -2.35. The smallest absolute Gasteiger partial charge is 0.294 e.